The third kappa shape index (κ3) is 4.30. The highest BCUT2D eigenvalue weighted by Gasteiger charge is 2.53. The van der Waals surface area contributed by atoms with Crippen LogP contribution in [0.3, 0.4) is 0 Å². The van der Waals surface area contributed by atoms with Gasteiger partial charge in [0.1, 0.15) is 11.5 Å². The van der Waals surface area contributed by atoms with E-state index in [1.54, 1.807) is 29.4 Å². The molecule has 6 nitrogen and oxygen atoms in total. The van der Waals surface area contributed by atoms with Crippen molar-refractivity contribution in [1.29, 1.82) is 0 Å². The van der Waals surface area contributed by atoms with Crippen LogP contribution in [0.1, 0.15) is 66.6 Å². The number of carbonyl (C=O) groups is 2. The van der Waals surface area contributed by atoms with Crippen molar-refractivity contribution in [2.75, 3.05) is 0 Å². The minimum atomic E-state index is -1.30. The lowest BCUT2D eigenvalue weighted by Gasteiger charge is -2.47. The fourth-order valence-electron chi connectivity index (χ4n) is 6.12. The van der Waals surface area contributed by atoms with Gasteiger partial charge in [0, 0.05) is 24.7 Å². The molecule has 0 unspecified atom stereocenters. The number of carbonyl (C=O) groups excluding carboxylic acids is 2. The number of hydrogen-bond acceptors (Lipinski definition) is 3. The average Bonchev–Trinajstić information content (AvgIpc) is 3.51. The van der Waals surface area contributed by atoms with Gasteiger partial charge in [-0.3, -0.25) is 9.59 Å². The van der Waals surface area contributed by atoms with Gasteiger partial charge in [0.05, 0.1) is 18.3 Å². The molecular weight excluding hydrogens is 481 g/mol. The molecule has 0 saturated heterocycles. The molecule has 6 rings (SSSR count). The molecule has 1 atom stereocenters. The van der Waals surface area contributed by atoms with Crippen molar-refractivity contribution in [3.8, 4) is 0 Å². The number of hydrogen-bond donors (Lipinski definition) is 1. The summed E-state index contributed by atoms with van der Waals surface area (Å²) in [5.74, 6) is -0.784. The van der Waals surface area contributed by atoms with Gasteiger partial charge < -0.3 is 19.2 Å². The molecule has 2 amide bonds. The fourth-order valence-corrected chi connectivity index (χ4v) is 6.12. The standard InChI is InChI=1S/C31H32FN3O3/c32-24-15-13-22(14-16-24)20-35-29(36)27-19-28-26(17-18-38-28)34(27)21-31(35,23-9-5-4-6-10-23)30(37)33-25-11-7-2-1-3-8-12-25/h4-6,9-10,13-19,25H,1-3,7-8,11-12,20-21H2,(H,33,37)/t31-/m1/s1. The molecule has 1 saturated carbocycles. The number of fused-ring (bicyclic) bond motifs is 3. The topological polar surface area (TPSA) is 67.5 Å². The SMILES string of the molecule is O=C1c2cc3occc3n2C[C@](C(=O)NC2CCCCCCC2)(c2ccccc2)N1Cc1ccc(F)cc1. The number of rotatable bonds is 5. The lowest BCUT2D eigenvalue weighted by atomic mass is 9.83. The Morgan fingerprint density at radius 3 is 2.42 bits per heavy atom. The largest absolute Gasteiger partial charge is 0.463 e. The van der Waals surface area contributed by atoms with E-state index in [1.807, 2.05) is 41.0 Å². The van der Waals surface area contributed by atoms with Gasteiger partial charge in [-0.15, -0.1) is 0 Å². The van der Waals surface area contributed by atoms with Gasteiger partial charge in [0.25, 0.3) is 11.8 Å². The first-order valence-electron chi connectivity index (χ1n) is 13.6. The second kappa shape index (κ2) is 10.1. The minimum absolute atomic E-state index is 0.0613. The first kappa shape index (κ1) is 24.5. The summed E-state index contributed by atoms with van der Waals surface area (Å²) < 4.78 is 21.3. The Kier molecular flexibility index (Phi) is 6.52. The van der Waals surface area contributed by atoms with Crippen LogP contribution in [-0.4, -0.2) is 27.3 Å². The van der Waals surface area contributed by atoms with E-state index in [-0.39, 0.29) is 36.8 Å². The van der Waals surface area contributed by atoms with Crippen molar-refractivity contribution in [2.24, 2.45) is 0 Å². The van der Waals surface area contributed by atoms with E-state index in [9.17, 15) is 14.0 Å². The Balaban J connectivity index is 1.49. The first-order chi connectivity index (χ1) is 18.6. The summed E-state index contributed by atoms with van der Waals surface area (Å²) in [6.45, 7) is 0.416. The predicted molar refractivity (Wildman–Crippen MR) is 143 cm³/mol. The summed E-state index contributed by atoms with van der Waals surface area (Å²) in [5, 5.41) is 3.38. The van der Waals surface area contributed by atoms with E-state index >= 15 is 0 Å². The number of halogens is 1. The molecule has 2 aromatic heterocycles. The number of benzene rings is 2. The third-order valence-corrected chi connectivity index (χ3v) is 8.16. The van der Waals surface area contributed by atoms with Crippen molar-refractivity contribution in [3.05, 3.63) is 95.6 Å². The third-order valence-electron chi connectivity index (χ3n) is 8.16. The van der Waals surface area contributed by atoms with Gasteiger partial charge in [-0.1, -0.05) is 74.6 Å². The Bertz CT molecular complexity index is 1430. The van der Waals surface area contributed by atoms with Crippen LogP contribution in [0, 0.1) is 5.82 Å². The second-order valence-electron chi connectivity index (χ2n) is 10.5. The van der Waals surface area contributed by atoms with E-state index in [0.29, 0.717) is 11.3 Å². The molecule has 2 aliphatic rings. The summed E-state index contributed by atoms with van der Waals surface area (Å²) in [7, 11) is 0. The monoisotopic (exact) mass is 513 g/mol. The molecule has 1 aliphatic heterocycles. The highest BCUT2D eigenvalue weighted by Crippen LogP contribution is 2.40. The van der Waals surface area contributed by atoms with E-state index in [2.05, 4.69) is 5.32 Å². The summed E-state index contributed by atoms with van der Waals surface area (Å²) >= 11 is 0. The lowest BCUT2D eigenvalue weighted by Crippen LogP contribution is -2.64. The van der Waals surface area contributed by atoms with E-state index < -0.39 is 5.54 Å². The van der Waals surface area contributed by atoms with Crippen molar-refractivity contribution in [1.82, 2.24) is 14.8 Å². The van der Waals surface area contributed by atoms with Crippen LogP contribution in [0.5, 0.6) is 0 Å². The van der Waals surface area contributed by atoms with Gasteiger partial charge in [0.15, 0.2) is 11.1 Å². The Morgan fingerprint density at radius 2 is 1.68 bits per heavy atom. The van der Waals surface area contributed by atoms with E-state index in [0.717, 1.165) is 42.3 Å². The zero-order valence-corrected chi connectivity index (χ0v) is 21.4. The molecule has 1 fully saturated rings. The maximum absolute atomic E-state index is 14.6. The molecule has 0 radical (unpaired) electrons. The van der Waals surface area contributed by atoms with Crippen LogP contribution >= 0.6 is 0 Å². The van der Waals surface area contributed by atoms with Crippen molar-refractivity contribution in [2.45, 2.75) is 69.6 Å². The molecule has 0 bridgehead atoms. The summed E-state index contributed by atoms with van der Waals surface area (Å²) in [6.07, 6.45) is 9.23. The van der Waals surface area contributed by atoms with Crippen LogP contribution < -0.4 is 5.32 Å². The molecule has 1 N–H and O–H groups in total. The number of furan rings is 1. The van der Waals surface area contributed by atoms with Crippen LogP contribution in [-0.2, 0) is 23.4 Å². The molecule has 38 heavy (non-hydrogen) atoms. The van der Waals surface area contributed by atoms with Gasteiger partial charge in [-0.05, 0) is 36.1 Å². The zero-order chi connectivity index (χ0) is 26.1. The van der Waals surface area contributed by atoms with Crippen molar-refractivity contribution in [3.63, 3.8) is 0 Å². The minimum Gasteiger partial charge on any atom is -0.463 e. The summed E-state index contributed by atoms with van der Waals surface area (Å²) in [5.41, 5.74) is 2.07. The fraction of sp³-hybridized carbons (Fsp3) is 0.355. The molecule has 2 aromatic carbocycles. The van der Waals surface area contributed by atoms with Crippen LogP contribution in [0.25, 0.3) is 11.1 Å². The molecule has 1 aliphatic carbocycles. The normalized spacial score (nSPS) is 20.7. The summed E-state index contributed by atoms with van der Waals surface area (Å²) in [4.78, 5) is 30.5. The predicted octanol–water partition coefficient (Wildman–Crippen LogP) is 6.15. The number of aromatic nitrogens is 1. The van der Waals surface area contributed by atoms with Gasteiger partial charge in [-0.2, -0.15) is 0 Å². The molecule has 196 valence electrons. The molecule has 4 aromatic rings. The number of amides is 2. The highest BCUT2D eigenvalue weighted by atomic mass is 19.1. The Morgan fingerprint density at radius 1 is 0.974 bits per heavy atom. The molecular formula is C31H32FN3O3. The quantitative estimate of drug-likeness (QED) is 0.348. The smallest absolute Gasteiger partial charge is 0.272 e. The van der Waals surface area contributed by atoms with Gasteiger partial charge in [-0.25, -0.2) is 4.39 Å². The van der Waals surface area contributed by atoms with Crippen LogP contribution in [0.4, 0.5) is 4.39 Å². The van der Waals surface area contributed by atoms with Gasteiger partial charge >= 0.3 is 0 Å². The van der Waals surface area contributed by atoms with Gasteiger partial charge in [0.2, 0.25) is 0 Å². The lowest BCUT2D eigenvalue weighted by molar-refractivity contribution is -0.136. The Labute approximate surface area is 221 Å². The average molecular weight is 514 g/mol. The second-order valence-corrected chi connectivity index (χ2v) is 10.5. The Hall–Kier alpha value is -3.87. The zero-order valence-electron chi connectivity index (χ0n) is 21.4. The van der Waals surface area contributed by atoms with Crippen LogP contribution in [0.15, 0.2) is 77.4 Å². The van der Waals surface area contributed by atoms with Crippen LogP contribution in [0.2, 0.25) is 0 Å². The molecule has 3 heterocycles. The first-order valence-corrected chi connectivity index (χ1v) is 13.6. The number of nitrogens with one attached hydrogen (secondary N) is 1. The van der Waals surface area contributed by atoms with Crippen molar-refractivity contribution < 1.29 is 18.4 Å². The van der Waals surface area contributed by atoms with E-state index in [4.69, 9.17) is 4.42 Å². The number of nitrogens with zero attached hydrogens (tertiary/aromatic N) is 2. The van der Waals surface area contributed by atoms with Crippen molar-refractivity contribution >= 4 is 22.9 Å². The maximum atomic E-state index is 14.6. The molecule has 0 spiro atoms. The highest BCUT2D eigenvalue weighted by molar-refractivity contribution is 6.03. The summed E-state index contributed by atoms with van der Waals surface area (Å²) in [6, 6.07) is 19.3. The maximum Gasteiger partial charge on any atom is 0.272 e. The molecule has 7 heteroatoms. The van der Waals surface area contributed by atoms with E-state index in [1.165, 1.54) is 31.4 Å².